The first kappa shape index (κ1) is 10.3. The average Bonchev–Trinajstić information content (AvgIpc) is 2.84. The Bertz CT molecular complexity index is 638. The van der Waals surface area contributed by atoms with Crippen LogP contribution in [0, 0.1) is 0 Å². The van der Waals surface area contributed by atoms with Crippen LogP contribution < -0.4 is 15.0 Å². The van der Waals surface area contributed by atoms with Crippen LogP contribution in [-0.2, 0) is 4.57 Å². The van der Waals surface area contributed by atoms with Gasteiger partial charge in [-0.15, -0.1) is 0 Å². The fourth-order valence-electron chi connectivity index (χ4n) is 1.65. The molecule has 0 aromatic carbocycles. The van der Waals surface area contributed by atoms with Crippen molar-refractivity contribution in [1.82, 2.24) is 19.9 Å². The van der Waals surface area contributed by atoms with Gasteiger partial charge in [0.15, 0.2) is 11.5 Å². The van der Waals surface area contributed by atoms with Gasteiger partial charge in [0.1, 0.15) is 12.1 Å². The summed E-state index contributed by atoms with van der Waals surface area (Å²) in [5, 5.41) is 0. The molecule has 0 saturated carbocycles. The van der Waals surface area contributed by atoms with E-state index in [9.17, 15) is 4.57 Å². The zero-order valence-electron chi connectivity index (χ0n) is 9.10. The summed E-state index contributed by atoms with van der Waals surface area (Å²) in [6.45, 7) is 3.92. The molecule has 7 nitrogen and oxygen atoms in total. The molecule has 88 valence electrons. The van der Waals surface area contributed by atoms with Crippen LogP contribution in [0.3, 0.4) is 0 Å². The number of rotatable bonds is 3. The van der Waals surface area contributed by atoms with Crippen LogP contribution in [-0.4, -0.2) is 33.6 Å². The molecule has 0 spiro atoms. The third-order valence-corrected chi connectivity index (χ3v) is 3.89. The van der Waals surface area contributed by atoms with Crippen LogP contribution in [0.5, 0.6) is 6.01 Å². The predicted molar refractivity (Wildman–Crippen MR) is 64.4 cm³/mol. The molecule has 1 aliphatic rings. The van der Waals surface area contributed by atoms with E-state index >= 15 is 0 Å². The minimum atomic E-state index is -2.06. The highest BCUT2D eigenvalue weighted by atomic mass is 31.1. The van der Waals surface area contributed by atoms with Crippen molar-refractivity contribution in [2.75, 3.05) is 18.3 Å². The van der Waals surface area contributed by atoms with Gasteiger partial charge in [0, 0.05) is 7.05 Å². The number of nitrogens with one attached hydrogen (secondary N) is 1. The summed E-state index contributed by atoms with van der Waals surface area (Å²) in [4.78, 5) is 15.4. The van der Waals surface area contributed by atoms with E-state index in [1.807, 2.05) is 0 Å². The van der Waals surface area contributed by atoms with Crippen molar-refractivity contribution >= 4 is 30.5 Å². The largest absolute Gasteiger partial charge is 0.461 e. The first-order chi connectivity index (χ1) is 8.20. The third-order valence-electron chi connectivity index (χ3n) is 2.46. The smallest absolute Gasteiger partial charge is 0.296 e. The lowest BCUT2D eigenvalue weighted by Gasteiger charge is -2.06. The molecule has 1 N–H and O–H groups in total. The molecule has 8 heteroatoms. The lowest BCUT2D eigenvalue weighted by molar-refractivity contribution is 0.338. The Balaban J connectivity index is 2.12. The molecule has 0 amide bonds. The van der Waals surface area contributed by atoms with Gasteiger partial charge in [-0.25, -0.2) is 9.97 Å². The highest BCUT2D eigenvalue weighted by molar-refractivity contribution is 7.55. The number of aromatic amines is 1. The maximum absolute atomic E-state index is 11.8. The van der Waals surface area contributed by atoms with E-state index in [-0.39, 0.29) is 0 Å². The monoisotopic (exact) mass is 251 g/mol. The highest BCUT2D eigenvalue weighted by Gasteiger charge is 2.28. The molecule has 0 fully saturated rings. The van der Waals surface area contributed by atoms with Gasteiger partial charge in [0.05, 0.1) is 0 Å². The van der Waals surface area contributed by atoms with E-state index in [0.29, 0.717) is 35.2 Å². The number of aromatic nitrogens is 4. The molecule has 2 aromatic heterocycles. The standard InChI is InChI=1S/C9H10N5O2P/c1-3-4-16-8-10-5-6(11-8)12-9-13-7(5)14(2)17(9)15/h3,17H,1,4H2,2H3,(H,10,11,12,13). The number of H-pyrrole nitrogens is 1. The molecule has 1 unspecified atom stereocenters. The maximum Gasteiger partial charge on any atom is 0.296 e. The minimum absolute atomic E-state index is 0.349. The van der Waals surface area contributed by atoms with Crippen LogP contribution in [0.2, 0.25) is 0 Å². The van der Waals surface area contributed by atoms with E-state index in [1.54, 1.807) is 17.8 Å². The van der Waals surface area contributed by atoms with Crippen molar-refractivity contribution in [3.05, 3.63) is 12.7 Å². The summed E-state index contributed by atoms with van der Waals surface area (Å²) in [6, 6.07) is 0.363. The number of imidazole rings is 1. The lowest BCUT2D eigenvalue weighted by atomic mass is 10.5. The summed E-state index contributed by atoms with van der Waals surface area (Å²) in [7, 11) is -0.338. The third kappa shape index (κ3) is 1.43. The molecule has 17 heavy (non-hydrogen) atoms. The quantitative estimate of drug-likeness (QED) is 0.630. The topological polar surface area (TPSA) is 84.0 Å². The molecule has 2 bridgehead atoms. The molecule has 1 atom stereocenters. The number of anilines is 1. The van der Waals surface area contributed by atoms with Crippen molar-refractivity contribution < 1.29 is 9.30 Å². The van der Waals surface area contributed by atoms with E-state index in [2.05, 4.69) is 26.5 Å². The van der Waals surface area contributed by atoms with E-state index in [1.165, 1.54) is 0 Å². The molecule has 1 aliphatic heterocycles. The van der Waals surface area contributed by atoms with Gasteiger partial charge in [-0.2, -0.15) is 4.98 Å². The fraction of sp³-hybridized carbons (Fsp3) is 0.222. The Hall–Kier alpha value is -1.88. The zero-order chi connectivity index (χ0) is 12.0. The predicted octanol–water partition coefficient (Wildman–Crippen LogP) is 0.467. The molecule has 0 aliphatic carbocycles. The van der Waals surface area contributed by atoms with E-state index < -0.39 is 7.95 Å². The second kappa shape index (κ2) is 3.56. The van der Waals surface area contributed by atoms with E-state index in [0.717, 1.165) is 0 Å². The zero-order valence-corrected chi connectivity index (χ0v) is 10.1. The summed E-state index contributed by atoms with van der Waals surface area (Å²) in [6.07, 6.45) is 1.63. The number of hydrogen-bond acceptors (Lipinski definition) is 5. The van der Waals surface area contributed by atoms with Crippen molar-refractivity contribution in [1.29, 1.82) is 0 Å². The Labute approximate surface area is 97.4 Å². The minimum Gasteiger partial charge on any atom is -0.461 e. The molecule has 3 rings (SSSR count). The normalized spacial score (nSPS) is 17.7. The number of hydrogen-bond donors (Lipinski definition) is 1. The van der Waals surface area contributed by atoms with E-state index in [4.69, 9.17) is 4.74 Å². The van der Waals surface area contributed by atoms with Crippen molar-refractivity contribution in [3.8, 4) is 6.01 Å². The van der Waals surface area contributed by atoms with Crippen molar-refractivity contribution in [2.24, 2.45) is 0 Å². The van der Waals surface area contributed by atoms with Gasteiger partial charge in [-0.3, -0.25) is 4.57 Å². The maximum atomic E-state index is 11.8. The van der Waals surface area contributed by atoms with Gasteiger partial charge in [0.25, 0.3) is 6.01 Å². The Kier molecular flexibility index (Phi) is 2.16. The Morgan fingerprint density at radius 2 is 2.35 bits per heavy atom. The van der Waals surface area contributed by atoms with Gasteiger partial charge >= 0.3 is 0 Å². The molecule has 3 heterocycles. The Morgan fingerprint density at radius 1 is 1.53 bits per heavy atom. The summed E-state index contributed by atoms with van der Waals surface area (Å²) >= 11 is 0. The summed E-state index contributed by atoms with van der Waals surface area (Å²) in [5.74, 6) is 0.606. The second-order valence-electron chi connectivity index (χ2n) is 3.58. The summed E-state index contributed by atoms with van der Waals surface area (Å²) < 4.78 is 18.7. The highest BCUT2D eigenvalue weighted by Crippen LogP contribution is 2.38. The summed E-state index contributed by atoms with van der Waals surface area (Å²) in [5.41, 5.74) is 1.47. The van der Waals surface area contributed by atoms with Gasteiger partial charge in [0.2, 0.25) is 13.5 Å². The SMILES string of the molecule is C=CCOc1nc2nc3nc(c2[nH]1)N(C)[PH]3=O. The molecular weight excluding hydrogens is 241 g/mol. The first-order valence-electron chi connectivity index (χ1n) is 5.00. The average molecular weight is 251 g/mol. The fourth-order valence-corrected chi connectivity index (χ4v) is 2.71. The molecule has 0 radical (unpaired) electrons. The molecule has 2 aromatic rings. The number of ether oxygens (including phenoxy) is 1. The van der Waals surface area contributed by atoms with Crippen LogP contribution >= 0.6 is 7.95 Å². The van der Waals surface area contributed by atoms with Crippen LogP contribution in [0.1, 0.15) is 0 Å². The van der Waals surface area contributed by atoms with Gasteiger partial charge in [-0.05, 0) is 0 Å². The van der Waals surface area contributed by atoms with Crippen molar-refractivity contribution in [3.63, 3.8) is 0 Å². The lowest BCUT2D eigenvalue weighted by Crippen LogP contribution is -2.05. The number of nitrogens with zero attached hydrogens (tertiary/aromatic N) is 4. The first-order valence-corrected chi connectivity index (χ1v) is 6.35. The van der Waals surface area contributed by atoms with Crippen LogP contribution in [0.15, 0.2) is 12.7 Å². The van der Waals surface area contributed by atoms with Gasteiger partial charge < -0.3 is 14.4 Å². The van der Waals surface area contributed by atoms with Crippen LogP contribution in [0.4, 0.5) is 5.82 Å². The second-order valence-corrected chi connectivity index (χ2v) is 5.30. The van der Waals surface area contributed by atoms with Gasteiger partial charge in [-0.1, -0.05) is 12.7 Å². The number of fused-ring (bicyclic) bond motifs is 4. The van der Waals surface area contributed by atoms with Crippen LogP contribution in [0.25, 0.3) is 11.2 Å². The molecule has 0 saturated heterocycles. The Morgan fingerprint density at radius 3 is 3.12 bits per heavy atom. The molecular formula is C9H10N5O2P. The van der Waals surface area contributed by atoms with Crippen molar-refractivity contribution in [2.45, 2.75) is 0 Å².